The Morgan fingerprint density at radius 3 is 2.52 bits per heavy atom. The molecule has 170 valence electrons. The number of nitrogens with zero attached hydrogens (tertiary/aromatic N) is 4. The number of ether oxygens (including phenoxy) is 1. The summed E-state index contributed by atoms with van der Waals surface area (Å²) in [5, 5.41) is 10.9. The minimum atomic E-state index is 0.466. The van der Waals surface area contributed by atoms with Gasteiger partial charge in [-0.1, -0.05) is 38.1 Å². The molecule has 0 aliphatic carbocycles. The first-order valence-electron chi connectivity index (χ1n) is 11.3. The van der Waals surface area contributed by atoms with Crippen molar-refractivity contribution < 1.29 is 9.26 Å². The highest BCUT2D eigenvalue weighted by atomic mass is 16.5. The van der Waals surface area contributed by atoms with Crippen LogP contribution < -0.4 is 10.6 Å². The Bertz CT molecular complexity index is 812. The third-order valence-electron chi connectivity index (χ3n) is 5.68. The van der Waals surface area contributed by atoms with Gasteiger partial charge < -0.3 is 19.9 Å². The highest BCUT2D eigenvalue weighted by molar-refractivity contribution is 5.79. The summed E-state index contributed by atoms with van der Waals surface area (Å²) in [6.45, 7) is 11.9. The van der Waals surface area contributed by atoms with Gasteiger partial charge >= 0.3 is 0 Å². The zero-order valence-corrected chi connectivity index (χ0v) is 19.2. The average molecular weight is 429 g/mol. The van der Waals surface area contributed by atoms with Gasteiger partial charge in [-0.3, -0.25) is 9.89 Å². The van der Waals surface area contributed by atoms with Gasteiger partial charge in [0.15, 0.2) is 11.8 Å². The van der Waals surface area contributed by atoms with E-state index in [2.05, 4.69) is 56.6 Å². The number of hydrogen-bond acceptors (Lipinski definition) is 6. The summed E-state index contributed by atoms with van der Waals surface area (Å²) in [6, 6.07) is 8.75. The number of aromatic nitrogens is 2. The molecular formula is C23H36N6O2. The Kier molecular flexibility index (Phi) is 8.85. The topological polar surface area (TPSA) is 87.8 Å². The lowest BCUT2D eigenvalue weighted by Gasteiger charge is -2.37. The molecule has 1 saturated heterocycles. The fourth-order valence-corrected chi connectivity index (χ4v) is 3.77. The Morgan fingerprint density at radius 2 is 1.90 bits per heavy atom. The number of nitrogens with one attached hydrogen (secondary N) is 2. The van der Waals surface area contributed by atoms with Crippen LogP contribution in [-0.4, -0.2) is 73.5 Å². The van der Waals surface area contributed by atoms with E-state index in [0.29, 0.717) is 17.9 Å². The highest BCUT2D eigenvalue weighted by Crippen LogP contribution is 2.18. The molecule has 1 aromatic heterocycles. The van der Waals surface area contributed by atoms with E-state index < -0.39 is 0 Å². The molecule has 1 aliphatic heterocycles. The standard InChI is InChI=1S/C23H36N6O2/c1-5-21-27-22(31-28-21)19-8-6-18(7-9-19)10-11-25-23(24-4)26-16-20(17(2)3)29-12-14-30-15-13-29/h6-9,17,20H,5,10-16H2,1-4H3,(H2,24,25,26). The average Bonchev–Trinajstić information content (AvgIpc) is 3.28. The molecule has 0 radical (unpaired) electrons. The van der Waals surface area contributed by atoms with E-state index >= 15 is 0 Å². The van der Waals surface area contributed by atoms with E-state index in [1.165, 1.54) is 5.56 Å². The molecule has 1 unspecified atom stereocenters. The predicted molar refractivity (Wildman–Crippen MR) is 123 cm³/mol. The van der Waals surface area contributed by atoms with E-state index in [1.54, 1.807) is 0 Å². The molecule has 1 aromatic carbocycles. The highest BCUT2D eigenvalue weighted by Gasteiger charge is 2.23. The number of aryl methyl sites for hydroxylation is 1. The van der Waals surface area contributed by atoms with Gasteiger partial charge in [-0.15, -0.1) is 0 Å². The maximum absolute atomic E-state index is 5.50. The monoisotopic (exact) mass is 428 g/mol. The molecule has 3 rings (SSSR count). The third-order valence-corrected chi connectivity index (χ3v) is 5.68. The summed E-state index contributed by atoms with van der Waals surface area (Å²) in [6.07, 6.45) is 1.68. The summed E-state index contributed by atoms with van der Waals surface area (Å²) >= 11 is 0. The smallest absolute Gasteiger partial charge is 0.257 e. The summed E-state index contributed by atoms with van der Waals surface area (Å²) in [7, 11) is 1.82. The minimum absolute atomic E-state index is 0.466. The van der Waals surface area contributed by atoms with Crippen LogP contribution in [0, 0.1) is 5.92 Å². The second-order valence-corrected chi connectivity index (χ2v) is 8.16. The van der Waals surface area contributed by atoms with E-state index in [9.17, 15) is 0 Å². The zero-order chi connectivity index (χ0) is 22.1. The summed E-state index contributed by atoms with van der Waals surface area (Å²) in [4.78, 5) is 11.3. The number of benzene rings is 1. The molecule has 0 amide bonds. The summed E-state index contributed by atoms with van der Waals surface area (Å²) in [5.41, 5.74) is 2.19. The lowest BCUT2D eigenvalue weighted by atomic mass is 10.0. The van der Waals surface area contributed by atoms with Crippen LogP contribution in [0.1, 0.15) is 32.2 Å². The van der Waals surface area contributed by atoms with Gasteiger partial charge in [0.05, 0.1) is 13.2 Å². The van der Waals surface area contributed by atoms with Crippen molar-refractivity contribution in [2.75, 3.05) is 46.4 Å². The quantitative estimate of drug-likeness (QED) is 0.468. The third kappa shape index (κ3) is 6.77. The van der Waals surface area contributed by atoms with Crippen molar-refractivity contribution in [1.82, 2.24) is 25.7 Å². The summed E-state index contributed by atoms with van der Waals surface area (Å²) in [5.74, 6) is 2.71. The molecule has 2 heterocycles. The minimum Gasteiger partial charge on any atom is -0.379 e. The first kappa shape index (κ1) is 23.2. The fourth-order valence-electron chi connectivity index (χ4n) is 3.77. The first-order chi connectivity index (χ1) is 15.1. The SMILES string of the molecule is CCc1noc(-c2ccc(CCNC(=NC)NCC(C(C)C)N3CCOCC3)cc2)n1. The van der Waals surface area contributed by atoms with Crippen LogP contribution in [0.4, 0.5) is 0 Å². The van der Waals surface area contributed by atoms with Crippen molar-refractivity contribution in [2.45, 2.75) is 39.7 Å². The molecule has 1 aliphatic rings. The lowest BCUT2D eigenvalue weighted by Crippen LogP contribution is -2.52. The lowest BCUT2D eigenvalue weighted by molar-refractivity contribution is 0.00752. The fraction of sp³-hybridized carbons (Fsp3) is 0.609. The van der Waals surface area contributed by atoms with Crippen molar-refractivity contribution >= 4 is 5.96 Å². The van der Waals surface area contributed by atoms with Crippen LogP contribution in [0.15, 0.2) is 33.8 Å². The van der Waals surface area contributed by atoms with E-state index in [0.717, 1.165) is 69.6 Å². The van der Waals surface area contributed by atoms with Crippen LogP contribution in [0.25, 0.3) is 11.5 Å². The van der Waals surface area contributed by atoms with Crippen molar-refractivity contribution in [3.63, 3.8) is 0 Å². The second-order valence-electron chi connectivity index (χ2n) is 8.16. The molecule has 1 fully saturated rings. The first-order valence-corrected chi connectivity index (χ1v) is 11.3. The van der Waals surface area contributed by atoms with Crippen LogP contribution in [-0.2, 0) is 17.6 Å². The number of hydrogen-bond donors (Lipinski definition) is 2. The molecule has 2 aromatic rings. The van der Waals surface area contributed by atoms with Crippen molar-refractivity contribution in [1.29, 1.82) is 0 Å². The molecule has 31 heavy (non-hydrogen) atoms. The molecule has 8 heteroatoms. The van der Waals surface area contributed by atoms with Gasteiger partial charge in [0.2, 0.25) is 0 Å². The Balaban J connectivity index is 1.45. The Morgan fingerprint density at radius 1 is 1.16 bits per heavy atom. The largest absolute Gasteiger partial charge is 0.379 e. The van der Waals surface area contributed by atoms with Crippen LogP contribution in [0.5, 0.6) is 0 Å². The van der Waals surface area contributed by atoms with Gasteiger partial charge in [-0.25, -0.2) is 0 Å². The molecule has 1 atom stereocenters. The van der Waals surface area contributed by atoms with Gasteiger partial charge in [0.1, 0.15) is 0 Å². The molecule has 2 N–H and O–H groups in total. The number of guanidine groups is 1. The molecule has 0 saturated carbocycles. The van der Waals surface area contributed by atoms with Crippen LogP contribution in [0.3, 0.4) is 0 Å². The van der Waals surface area contributed by atoms with Crippen molar-refractivity contribution in [3.05, 3.63) is 35.7 Å². The van der Waals surface area contributed by atoms with E-state index in [1.807, 2.05) is 26.1 Å². The maximum atomic E-state index is 5.50. The second kappa shape index (κ2) is 11.8. The molecule has 8 nitrogen and oxygen atoms in total. The number of rotatable bonds is 9. The van der Waals surface area contributed by atoms with Crippen LogP contribution in [0.2, 0.25) is 0 Å². The van der Waals surface area contributed by atoms with Gasteiger partial charge in [0, 0.05) is 51.3 Å². The molecule has 0 bridgehead atoms. The maximum Gasteiger partial charge on any atom is 0.257 e. The van der Waals surface area contributed by atoms with Gasteiger partial charge in [-0.05, 0) is 30.0 Å². The molecule has 0 spiro atoms. The Hall–Kier alpha value is -2.45. The predicted octanol–water partition coefficient (Wildman–Crippen LogP) is 2.36. The molecular weight excluding hydrogens is 392 g/mol. The van der Waals surface area contributed by atoms with Gasteiger partial charge in [-0.2, -0.15) is 4.98 Å². The number of aliphatic imine (C=N–C) groups is 1. The van der Waals surface area contributed by atoms with E-state index in [4.69, 9.17) is 9.26 Å². The van der Waals surface area contributed by atoms with Crippen molar-refractivity contribution in [2.24, 2.45) is 10.9 Å². The zero-order valence-electron chi connectivity index (χ0n) is 19.2. The Labute approximate surface area is 185 Å². The number of morpholine rings is 1. The summed E-state index contributed by atoms with van der Waals surface area (Å²) < 4.78 is 10.8. The van der Waals surface area contributed by atoms with Gasteiger partial charge in [0.25, 0.3) is 5.89 Å². The normalized spacial score (nSPS) is 16.5. The van der Waals surface area contributed by atoms with Crippen LogP contribution >= 0.6 is 0 Å². The van der Waals surface area contributed by atoms with Crippen molar-refractivity contribution in [3.8, 4) is 11.5 Å². The van der Waals surface area contributed by atoms with E-state index in [-0.39, 0.29) is 0 Å².